The second kappa shape index (κ2) is 8.02. The zero-order valence-electron chi connectivity index (χ0n) is 17.6. The zero-order valence-corrected chi connectivity index (χ0v) is 17.6. The van der Waals surface area contributed by atoms with Crippen LogP contribution >= 0.6 is 0 Å². The lowest BCUT2D eigenvalue weighted by Gasteiger charge is -2.37. The Morgan fingerprint density at radius 2 is 1.93 bits per heavy atom. The highest BCUT2D eigenvalue weighted by Crippen LogP contribution is 2.34. The Bertz CT molecular complexity index is 884. The first-order chi connectivity index (χ1) is 14.2. The molecule has 3 heterocycles. The third kappa shape index (κ3) is 3.54. The molecule has 5 rings (SSSR count). The third-order valence-corrected chi connectivity index (χ3v) is 7.37. The number of nitrogens with zero attached hydrogens (tertiary/aromatic N) is 3. The van der Waals surface area contributed by atoms with Crippen molar-refractivity contribution >= 4 is 16.8 Å². The van der Waals surface area contributed by atoms with Crippen molar-refractivity contribution in [3.05, 3.63) is 30.0 Å². The molecule has 2 saturated heterocycles. The fraction of sp³-hybridized carbons (Fsp3) is 0.625. The zero-order chi connectivity index (χ0) is 19.8. The van der Waals surface area contributed by atoms with Gasteiger partial charge >= 0.3 is 0 Å². The van der Waals surface area contributed by atoms with E-state index in [1.807, 2.05) is 12.1 Å². The Balaban J connectivity index is 1.47. The van der Waals surface area contributed by atoms with Crippen LogP contribution in [0.15, 0.2) is 24.4 Å². The summed E-state index contributed by atoms with van der Waals surface area (Å²) in [6.07, 6.45) is 11.2. The molecule has 1 unspecified atom stereocenters. The van der Waals surface area contributed by atoms with E-state index < -0.39 is 0 Å². The maximum atomic E-state index is 13.6. The summed E-state index contributed by atoms with van der Waals surface area (Å²) in [6, 6.07) is 6.68. The first kappa shape index (κ1) is 19.0. The van der Waals surface area contributed by atoms with Crippen LogP contribution in [-0.2, 0) is 6.54 Å². The van der Waals surface area contributed by atoms with Gasteiger partial charge in [-0.25, -0.2) is 0 Å². The van der Waals surface area contributed by atoms with Crippen molar-refractivity contribution < 1.29 is 9.53 Å². The minimum Gasteiger partial charge on any atom is -0.495 e. The maximum absolute atomic E-state index is 13.6. The van der Waals surface area contributed by atoms with E-state index in [1.165, 1.54) is 51.5 Å². The largest absolute Gasteiger partial charge is 0.495 e. The van der Waals surface area contributed by atoms with E-state index in [-0.39, 0.29) is 5.91 Å². The van der Waals surface area contributed by atoms with Gasteiger partial charge in [-0.15, -0.1) is 0 Å². The number of amides is 1. The minimum absolute atomic E-state index is 0.192. The molecule has 29 heavy (non-hydrogen) atoms. The molecule has 0 spiro atoms. The van der Waals surface area contributed by atoms with Crippen molar-refractivity contribution in [2.75, 3.05) is 33.3 Å². The summed E-state index contributed by atoms with van der Waals surface area (Å²) < 4.78 is 8.01. The van der Waals surface area contributed by atoms with Crippen molar-refractivity contribution in [1.29, 1.82) is 0 Å². The number of ether oxygens (including phenoxy) is 1. The maximum Gasteiger partial charge on any atom is 0.256 e. The molecule has 5 nitrogen and oxygen atoms in total. The molecule has 1 aromatic heterocycles. The molecule has 5 heteroatoms. The quantitative estimate of drug-likeness (QED) is 0.780. The van der Waals surface area contributed by atoms with E-state index in [0.29, 0.717) is 12.0 Å². The lowest BCUT2D eigenvalue weighted by molar-refractivity contribution is 0.0573. The lowest BCUT2D eigenvalue weighted by atomic mass is 9.89. The fourth-order valence-electron chi connectivity index (χ4n) is 5.80. The predicted molar refractivity (Wildman–Crippen MR) is 116 cm³/mol. The van der Waals surface area contributed by atoms with Gasteiger partial charge in [0, 0.05) is 43.8 Å². The monoisotopic (exact) mass is 395 g/mol. The second-order valence-electron chi connectivity index (χ2n) is 9.14. The Morgan fingerprint density at radius 1 is 1.07 bits per heavy atom. The number of para-hydroxylation sites is 1. The number of rotatable bonds is 4. The highest BCUT2D eigenvalue weighted by atomic mass is 16.5. The molecule has 1 aliphatic carbocycles. The topological polar surface area (TPSA) is 37.7 Å². The average molecular weight is 396 g/mol. The van der Waals surface area contributed by atoms with Crippen LogP contribution in [-0.4, -0.2) is 59.6 Å². The highest BCUT2D eigenvalue weighted by Gasteiger charge is 2.34. The van der Waals surface area contributed by atoms with Gasteiger partial charge in [0.1, 0.15) is 5.75 Å². The highest BCUT2D eigenvalue weighted by molar-refractivity contribution is 6.08. The van der Waals surface area contributed by atoms with Gasteiger partial charge in [-0.1, -0.05) is 31.4 Å². The molecule has 2 aliphatic heterocycles. The fourth-order valence-corrected chi connectivity index (χ4v) is 5.80. The predicted octanol–water partition coefficient (Wildman–Crippen LogP) is 4.15. The number of carbonyl (C=O) groups is 1. The summed E-state index contributed by atoms with van der Waals surface area (Å²) in [7, 11) is 1.73. The summed E-state index contributed by atoms with van der Waals surface area (Å²) in [5.41, 5.74) is 1.93. The number of fused-ring (bicyclic) bond motifs is 2. The standard InChI is InChI=1S/C24H33N3O2/c1-29-22-11-5-10-20-21(17-27(23(20)22)15-18-7-3-2-4-8-18)24(28)26-14-13-25-12-6-9-19(25)16-26/h5,10-11,17-19H,2-4,6-9,12-16H2,1H3. The summed E-state index contributed by atoms with van der Waals surface area (Å²) in [5, 5.41) is 1.04. The number of hydrogen-bond acceptors (Lipinski definition) is 3. The van der Waals surface area contributed by atoms with Crippen LogP contribution in [0.1, 0.15) is 55.3 Å². The number of benzene rings is 1. The van der Waals surface area contributed by atoms with E-state index in [0.717, 1.165) is 48.4 Å². The first-order valence-electron chi connectivity index (χ1n) is 11.4. The molecule has 3 fully saturated rings. The molecule has 1 amide bonds. The summed E-state index contributed by atoms with van der Waals surface area (Å²) >= 11 is 0. The third-order valence-electron chi connectivity index (χ3n) is 7.37. The minimum atomic E-state index is 0.192. The number of carbonyl (C=O) groups excluding carboxylic acids is 1. The van der Waals surface area contributed by atoms with E-state index in [4.69, 9.17) is 4.74 Å². The summed E-state index contributed by atoms with van der Waals surface area (Å²) in [4.78, 5) is 18.2. The van der Waals surface area contributed by atoms with Crippen LogP contribution in [0.3, 0.4) is 0 Å². The van der Waals surface area contributed by atoms with Gasteiger partial charge in [-0.3, -0.25) is 9.69 Å². The number of hydrogen-bond donors (Lipinski definition) is 0. The Kier molecular flexibility index (Phi) is 5.25. The molecule has 2 aromatic rings. The molecule has 1 aromatic carbocycles. The van der Waals surface area contributed by atoms with Crippen LogP contribution < -0.4 is 4.74 Å². The van der Waals surface area contributed by atoms with Crippen molar-refractivity contribution in [3.63, 3.8) is 0 Å². The van der Waals surface area contributed by atoms with E-state index in [9.17, 15) is 4.79 Å². The van der Waals surface area contributed by atoms with Gasteiger partial charge in [0.15, 0.2) is 0 Å². The van der Waals surface area contributed by atoms with Crippen molar-refractivity contribution in [1.82, 2.24) is 14.4 Å². The molecule has 1 atom stereocenters. The van der Waals surface area contributed by atoms with E-state index in [1.54, 1.807) is 7.11 Å². The molecule has 1 saturated carbocycles. The van der Waals surface area contributed by atoms with Gasteiger partial charge < -0.3 is 14.2 Å². The van der Waals surface area contributed by atoms with Gasteiger partial charge in [0.2, 0.25) is 0 Å². The normalized spacial score (nSPS) is 23.5. The van der Waals surface area contributed by atoms with Crippen molar-refractivity contribution in [3.8, 4) is 5.75 Å². The number of piperazine rings is 1. The van der Waals surface area contributed by atoms with Gasteiger partial charge in [-0.05, 0) is 44.2 Å². The lowest BCUT2D eigenvalue weighted by Crippen LogP contribution is -2.52. The van der Waals surface area contributed by atoms with Crippen LogP contribution in [0.4, 0.5) is 0 Å². The molecule has 0 bridgehead atoms. The average Bonchev–Trinajstić information content (AvgIpc) is 3.38. The molecule has 0 N–H and O–H groups in total. The second-order valence-corrected chi connectivity index (χ2v) is 9.14. The van der Waals surface area contributed by atoms with Crippen LogP contribution in [0.2, 0.25) is 0 Å². The van der Waals surface area contributed by atoms with Gasteiger partial charge in [-0.2, -0.15) is 0 Å². The Labute approximate surface area is 173 Å². The van der Waals surface area contributed by atoms with Crippen molar-refractivity contribution in [2.24, 2.45) is 5.92 Å². The Morgan fingerprint density at radius 3 is 2.76 bits per heavy atom. The molecular weight excluding hydrogens is 362 g/mol. The van der Waals surface area contributed by atoms with Gasteiger partial charge in [0.05, 0.1) is 18.2 Å². The first-order valence-corrected chi connectivity index (χ1v) is 11.4. The molecule has 156 valence electrons. The Hall–Kier alpha value is -2.01. The van der Waals surface area contributed by atoms with Crippen LogP contribution in [0, 0.1) is 5.92 Å². The van der Waals surface area contributed by atoms with Crippen molar-refractivity contribution in [2.45, 2.75) is 57.5 Å². The van der Waals surface area contributed by atoms with Crippen LogP contribution in [0.25, 0.3) is 10.9 Å². The van der Waals surface area contributed by atoms with E-state index in [2.05, 4.69) is 26.6 Å². The molecule has 3 aliphatic rings. The van der Waals surface area contributed by atoms with E-state index >= 15 is 0 Å². The molecule has 0 radical (unpaired) electrons. The number of methoxy groups -OCH3 is 1. The summed E-state index contributed by atoms with van der Waals surface area (Å²) in [6.45, 7) is 4.91. The number of aromatic nitrogens is 1. The van der Waals surface area contributed by atoms with Crippen LogP contribution in [0.5, 0.6) is 5.75 Å². The summed E-state index contributed by atoms with van der Waals surface area (Å²) in [5.74, 6) is 1.77. The SMILES string of the molecule is COc1cccc2c(C(=O)N3CCN4CCCC4C3)cn(CC3CCCCC3)c12. The van der Waals surface area contributed by atoms with Gasteiger partial charge in [0.25, 0.3) is 5.91 Å². The smallest absolute Gasteiger partial charge is 0.256 e. The molecular formula is C24H33N3O2.